The molecule has 1 aromatic carbocycles. The first-order chi connectivity index (χ1) is 12.3. The van der Waals surface area contributed by atoms with E-state index in [1.165, 1.54) is 12.1 Å². The molecule has 0 aliphatic carbocycles. The average molecular weight is 385 g/mol. The average Bonchev–Trinajstić information content (AvgIpc) is 2.61. The highest BCUT2D eigenvalue weighted by Gasteiger charge is 2.28. The monoisotopic (exact) mass is 384 g/mol. The molecule has 0 radical (unpaired) electrons. The summed E-state index contributed by atoms with van der Waals surface area (Å²) in [6.07, 6.45) is 0.691. The fourth-order valence-electron chi connectivity index (χ4n) is 2.82. The SMILES string of the molecule is CC(C)CCC(=O)N1CCN(C(=O)C(C)Oc2ccc(F)cc2Cl)CC1. The zero-order valence-corrected chi connectivity index (χ0v) is 16.3. The fourth-order valence-corrected chi connectivity index (χ4v) is 3.03. The molecule has 1 aliphatic rings. The molecule has 1 fully saturated rings. The molecule has 1 heterocycles. The van der Waals surface area contributed by atoms with Crippen molar-refractivity contribution in [2.45, 2.75) is 39.7 Å². The second kappa shape index (κ2) is 9.21. The van der Waals surface area contributed by atoms with E-state index >= 15 is 0 Å². The third-order valence-corrected chi connectivity index (χ3v) is 4.72. The number of piperazine rings is 1. The number of amides is 2. The van der Waals surface area contributed by atoms with Gasteiger partial charge in [0.15, 0.2) is 6.10 Å². The summed E-state index contributed by atoms with van der Waals surface area (Å²) < 4.78 is 18.7. The topological polar surface area (TPSA) is 49.9 Å². The minimum atomic E-state index is -0.735. The molecule has 144 valence electrons. The molecule has 0 aromatic heterocycles. The van der Waals surface area contributed by atoms with Crippen LogP contribution in [0.2, 0.25) is 5.02 Å². The smallest absolute Gasteiger partial charge is 0.263 e. The van der Waals surface area contributed by atoms with Gasteiger partial charge in [-0.15, -0.1) is 0 Å². The Labute approximate surface area is 159 Å². The van der Waals surface area contributed by atoms with E-state index in [4.69, 9.17) is 16.3 Å². The highest BCUT2D eigenvalue weighted by atomic mass is 35.5. The number of ether oxygens (including phenoxy) is 1. The van der Waals surface area contributed by atoms with Gasteiger partial charge >= 0.3 is 0 Å². The van der Waals surface area contributed by atoms with Gasteiger partial charge in [-0.3, -0.25) is 9.59 Å². The third kappa shape index (κ3) is 5.59. The van der Waals surface area contributed by atoms with Crippen LogP contribution in [0.25, 0.3) is 0 Å². The van der Waals surface area contributed by atoms with Crippen molar-refractivity contribution >= 4 is 23.4 Å². The molecular formula is C19H26ClFN2O3. The normalized spacial score (nSPS) is 15.9. The second-order valence-electron chi connectivity index (χ2n) is 6.97. The van der Waals surface area contributed by atoms with Gasteiger partial charge in [-0.25, -0.2) is 4.39 Å². The van der Waals surface area contributed by atoms with Crippen LogP contribution in [0, 0.1) is 11.7 Å². The first-order valence-electron chi connectivity index (χ1n) is 8.96. The highest BCUT2D eigenvalue weighted by Crippen LogP contribution is 2.26. The maximum absolute atomic E-state index is 13.1. The van der Waals surface area contributed by atoms with Crippen molar-refractivity contribution in [3.8, 4) is 5.75 Å². The summed E-state index contributed by atoms with van der Waals surface area (Å²) >= 11 is 5.94. The molecule has 7 heteroatoms. The van der Waals surface area contributed by atoms with Gasteiger partial charge in [-0.1, -0.05) is 25.4 Å². The van der Waals surface area contributed by atoms with Crippen molar-refractivity contribution in [3.05, 3.63) is 29.0 Å². The van der Waals surface area contributed by atoms with Crippen molar-refractivity contribution in [1.29, 1.82) is 0 Å². The maximum atomic E-state index is 13.1. The molecule has 0 N–H and O–H groups in total. The van der Waals surface area contributed by atoms with E-state index in [2.05, 4.69) is 13.8 Å². The standard InChI is InChI=1S/C19H26ClFN2O3/c1-13(2)4-7-18(24)22-8-10-23(11-9-22)19(25)14(3)26-17-6-5-15(21)12-16(17)20/h5-6,12-14H,4,7-11H2,1-3H3. The zero-order chi connectivity index (χ0) is 19.3. The zero-order valence-electron chi connectivity index (χ0n) is 15.5. The largest absolute Gasteiger partial charge is 0.479 e. The van der Waals surface area contributed by atoms with Crippen LogP contribution in [0.1, 0.15) is 33.6 Å². The number of hydrogen-bond donors (Lipinski definition) is 0. The van der Waals surface area contributed by atoms with Crippen LogP contribution in [0.15, 0.2) is 18.2 Å². The molecule has 26 heavy (non-hydrogen) atoms. The second-order valence-corrected chi connectivity index (χ2v) is 7.38. The Hall–Kier alpha value is -1.82. The lowest BCUT2D eigenvalue weighted by Gasteiger charge is -2.36. The van der Waals surface area contributed by atoms with Crippen molar-refractivity contribution in [2.24, 2.45) is 5.92 Å². The predicted octanol–water partition coefficient (Wildman–Crippen LogP) is 3.35. The molecule has 1 aliphatic heterocycles. The molecule has 5 nitrogen and oxygen atoms in total. The minimum absolute atomic E-state index is 0.130. The predicted molar refractivity (Wildman–Crippen MR) is 98.7 cm³/mol. The summed E-state index contributed by atoms with van der Waals surface area (Å²) in [4.78, 5) is 28.2. The van der Waals surface area contributed by atoms with Gasteiger partial charge in [0.1, 0.15) is 11.6 Å². The highest BCUT2D eigenvalue weighted by molar-refractivity contribution is 6.32. The van der Waals surface area contributed by atoms with E-state index < -0.39 is 11.9 Å². The van der Waals surface area contributed by atoms with Crippen molar-refractivity contribution < 1.29 is 18.7 Å². The molecule has 1 saturated heterocycles. The van der Waals surface area contributed by atoms with Crippen molar-refractivity contribution in [1.82, 2.24) is 9.80 Å². The first kappa shape index (κ1) is 20.5. The Balaban J connectivity index is 1.84. The molecule has 0 bridgehead atoms. The van der Waals surface area contributed by atoms with E-state index in [0.29, 0.717) is 38.5 Å². The van der Waals surface area contributed by atoms with Crippen molar-refractivity contribution in [2.75, 3.05) is 26.2 Å². The first-order valence-corrected chi connectivity index (χ1v) is 9.34. The Morgan fingerprint density at radius 2 is 1.77 bits per heavy atom. The van der Waals surface area contributed by atoms with E-state index in [1.54, 1.807) is 11.8 Å². The molecule has 1 atom stereocenters. The van der Waals surface area contributed by atoms with Gasteiger partial charge < -0.3 is 14.5 Å². The molecule has 0 spiro atoms. The number of rotatable bonds is 6. The fraction of sp³-hybridized carbons (Fsp3) is 0.579. The van der Waals surface area contributed by atoms with Crippen LogP contribution < -0.4 is 4.74 Å². The van der Waals surface area contributed by atoms with E-state index in [9.17, 15) is 14.0 Å². The number of hydrogen-bond acceptors (Lipinski definition) is 3. The van der Waals surface area contributed by atoms with Gasteiger partial charge in [0, 0.05) is 32.6 Å². The Morgan fingerprint density at radius 3 is 2.35 bits per heavy atom. The lowest BCUT2D eigenvalue weighted by molar-refractivity contribution is -0.143. The van der Waals surface area contributed by atoms with Crippen LogP contribution in [0.4, 0.5) is 4.39 Å². The van der Waals surface area contributed by atoms with Gasteiger partial charge in [0.25, 0.3) is 5.91 Å². The third-order valence-electron chi connectivity index (χ3n) is 4.43. The molecular weight excluding hydrogens is 359 g/mol. The number of carbonyl (C=O) groups excluding carboxylic acids is 2. The number of carbonyl (C=O) groups is 2. The lowest BCUT2D eigenvalue weighted by atomic mass is 10.1. The Kier molecular flexibility index (Phi) is 7.26. The Morgan fingerprint density at radius 1 is 1.15 bits per heavy atom. The summed E-state index contributed by atoms with van der Waals surface area (Å²) in [5, 5.41) is 0.130. The van der Waals surface area contributed by atoms with Crippen LogP contribution in [-0.2, 0) is 9.59 Å². The summed E-state index contributed by atoms with van der Waals surface area (Å²) in [5.74, 6) is 0.293. The van der Waals surface area contributed by atoms with Crippen LogP contribution in [-0.4, -0.2) is 53.9 Å². The Bertz CT molecular complexity index is 646. The van der Waals surface area contributed by atoms with Crippen molar-refractivity contribution in [3.63, 3.8) is 0 Å². The molecule has 2 amide bonds. The lowest BCUT2D eigenvalue weighted by Crippen LogP contribution is -2.53. The maximum Gasteiger partial charge on any atom is 0.263 e. The van der Waals surface area contributed by atoms with Crippen LogP contribution >= 0.6 is 11.6 Å². The minimum Gasteiger partial charge on any atom is -0.479 e. The number of nitrogens with zero attached hydrogens (tertiary/aromatic N) is 2. The van der Waals surface area contributed by atoms with Gasteiger partial charge in [-0.05, 0) is 37.5 Å². The molecule has 2 rings (SSSR count). The summed E-state index contributed by atoms with van der Waals surface area (Å²) in [6, 6.07) is 3.79. The molecule has 1 aromatic rings. The molecule has 1 unspecified atom stereocenters. The molecule has 0 saturated carbocycles. The van der Waals surface area contributed by atoms with E-state index in [1.807, 2.05) is 4.90 Å². The van der Waals surface area contributed by atoms with Crippen LogP contribution in [0.3, 0.4) is 0 Å². The summed E-state index contributed by atoms with van der Waals surface area (Å²) in [7, 11) is 0. The number of halogens is 2. The van der Waals surface area contributed by atoms with Gasteiger partial charge in [0.05, 0.1) is 5.02 Å². The van der Waals surface area contributed by atoms with E-state index in [0.717, 1.165) is 12.5 Å². The van der Waals surface area contributed by atoms with Gasteiger partial charge in [0.2, 0.25) is 5.91 Å². The quantitative estimate of drug-likeness (QED) is 0.755. The summed E-state index contributed by atoms with van der Waals surface area (Å²) in [6.45, 7) is 7.87. The number of benzene rings is 1. The summed E-state index contributed by atoms with van der Waals surface area (Å²) in [5.41, 5.74) is 0. The van der Waals surface area contributed by atoms with Crippen LogP contribution in [0.5, 0.6) is 5.75 Å². The van der Waals surface area contributed by atoms with Gasteiger partial charge in [-0.2, -0.15) is 0 Å². The van der Waals surface area contributed by atoms with E-state index in [-0.39, 0.29) is 22.6 Å².